The maximum atomic E-state index is 11.8. The molecule has 0 saturated carbocycles. The van der Waals surface area contributed by atoms with Gasteiger partial charge in [0.2, 0.25) is 0 Å². The normalized spacial score (nSPS) is 22.4. The van der Waals surface area contributed by atoms with Gasteiger partial charge in [-0.2, -0.15) is 0 Å². The van der Waals surface area contributed by atoms with Crippen molar-refractivity contribution in [2.75, 3.05) is 19.9 Å². The van der Waals surface area contributed by atoms with Crippen LogP contribution in [0, 0.1) is 0 Å². The van der Waals surface area contributed by atoms with Gasteiger partial charge in [-0.1, -0.05) is 0 Å². The van der Waals surface area contributed by atoms with Crippen LogP contribution in [0.1, 0.15) is 6.23 Å². The summed E-state index contributed by atoms with van der Waals surface area (Å²) >= 11 is 1.26. The smallest absolute Gasteiger partial charge is 0.330 e. The average Bonchev–Trinajstić information content (AvgIpc) is 2.86. The lowest BCUT2D eigenvalue weighted by Crippen LogP contribution is -2.36. The molecule has 2 heterocycles. The lowest BCUT2D eigenvalue weighted by molar-refractivity contribution is -0.177. The Morgan fingerprint density at radius 2 is 2.37 bits per heavy atom. The summed E-state index contributed by atoms with van der Waals surface area (Å²) in [5, 5.41) is 1.07. The molecule has 0 spiro atoms. The van der Waals surface area contributed by atoms with Crippen molar-refractivity contribution in [3.8, 4) is 0 Å². The number of carbonyl (C=O) groups is 1. The first-order valence-corrected chi connectivity index (χ1v) is 6.48. The number of likely N-dealkylation sites (N-methyl/N-ethyl adjacent to an activating group) is 1. The number of hydrogen-bond donors (Lipinski definition) is 1. The van der Waals surface area contributed by atoms with Crippen LogP contribution in [-0.4, -0.2) is 45.9 Å². The van der Waals surface area contributed by atoms with Crippen LogP contribution in [0.15, 0.2) is 21.9 Å². The second kappa shape index (κ2) is 5.59. The van der Waals surface area contributed by atoms with Gasteiger partial charge >= 0.3 is 5.69 Å². The maximum Gasteiger partial charge on any atom is 0.330 e. The molecule has 1 aliphatic heterocycles. The van der Waals surface area contributed by atoms with E-state index in [4.69, 9.17) is 9.57 Å². The highest BCUT2D eigenvalue weighted by atomic mass is 32.2. The molecule has 2 unspecified atom stereocenters. The van der Waals surface area contributed by atoms with E-state index in [-0.39, 0.29) is 5.91 Å². The number of aromatic nitrogens is 2. The number of nitrogens with one attached hydrogen (secondary N) is 1. The lowest BCUT2D eigenvalue weighted by Gasteiger charge is -2.18. The summed E-state index contributed by atoms with van der Waals surface area (Å²) in [6.07, 6.45) is 0.757. The monoisotopic (exact) mass is 287 g/mol. The van der Waals surface area contributed by atoms with Crippen LogP contribution in [0.3, 0.4) is 0 Å². The van der Waals surface area contributed by atoms with Crippen molar-refractivity contribution in [1.29, 1.82) is 0 Å². The molecule has 8 nitrogen and oxygen atoms in total. The largest absolute Gasteiger partial charge is 0.333 e. The Hall–Kier alpha value is -1.58. The fourth-order valence-corrected chi connectivity index (χ4v) is 2.64. The zero-order valence-electron chi connectivity index (χ0n) is 10.4. The van der Waals surface area contributed by atoms with Crippen LogP contribution in [0.25, 0.3) is 0 Å². The quantitative estimate of drug-likeness (QED) is 0.727. The third-order valence-electron chi connectivity index (χ3n) is 2.62. The molecule has 0 aromatic carbocycles. The number of amides is 1. The van der Waals surface area contributed by atoms with E-state index in [2.05, 4.69) is 4.98 Å². The molecule has 0 aliphatic carbocycles. The van der Waals surface area contributed by atoms with Crippen LogP contribution in [0.2, 0.25) is 0 Å². The first-order chi connectivity index (χ1) is 9.02. The Labute approximate surface area is 112 Å². The molecule has 0 bridgehead atoms. The predicted octanol–water partition coefficient (Wildman–Crippen LogP) is -0.856. The summed E-state index contributed by atoms with van der Waals surface area (Å²) in [6, 6.07) is 1.23. The predicted molar refractivity (Wildman–Crippen MR) is 67.5 cm³/mol. The topological polar surface area (TPSA) is 93.6 Å². The molecule has 0 radical (unpaired) electrons. The van der Waals surface area contributed by atoms with Crippen LogP contribution in [-0.2, 0) is 14.4 Å². The highest BCUT2D eigenvalue weighted by Gasteiger charge is 2.34. The zero-order valence-corrected chi connectivity index (χ0v) is 11.2. The van der Waals surface area contributed by atoms with Gasteiger partial charge in [0, 0.05) is 25.1 Å². The molecule has 1 aromatic rings. The summed E-state index contributed by atoms with van der Waals surface area (Å²) in [5.41, 5.74) is -1.77. The van der Waals surface area contributed by atoms with Gasteiger partial charge in [0.25, 0.3) is 11.5 Å². The van der Waals surface area contributed by atoms with Crippen molar-refractivity contribution in [1.82, 2.24) is 14.6 Å². The van der Waals surface area contributed by atoms with E-state index < -0.39 is 22.9 Å². The number of rotatable bonds is 3. The fourth-order valence-electron chi connectivity index (χ4n) is 1.56. The molecule has 1 aliphatic rings. The third-order valence-corrected chi connectivity index (χ3v) is 3.71. The molecule has 1 saturated heterocycles. The van der Waals surface area contributed by atoms with Crippen LogP contribution in [0.4, 0.5) is 0 Å². The van der Waals surface area contributed by atoms with E-state index in [1.54, 1.807) is 0 Å². The number of nitrogens with zero attached hydrogens (tertiary/aromatic N) is 2. The fraction of sp³-hybridized carbons (Fsp3) is 0.500. The van der Waals surface area contributed by atoms with Gasteiger partial charge < -0.3 is 4.74 Å². The highest BCUT2D eigenvalue weighted by Crippen LogP contribution is 2.31. The molecule has 1 amide bonds. The lowest BCUT2D eigenvalue weighted by atomic mass is 10.5. The number of carbonyl (C=O) groups excluding carboxylic acids is 1. The summed E-state index contributed by atoms with van der Waals surface area (Å²) in [5.74, 6) is 0.0902. The number of aromatic amines is 1. The van der Waals surface area contributed by atoms with E-state index in [0.29, 0.717) is 5.75 Å². The van der Waals surface area contributed by atoms with Crippen molar-refractivity contribution in [2.24, 2.45) is 0 Å². The summed E-state index contributed by atoms with van der Waals surface area (Å²) in [7, 11) is 2.85. The number of hydroxylamine groups is 2. The molecule has 1 N–H and O–H groups in total. The van der Waals surface area contributed by atoms with E-state index in [9.17, 15) is 14.4 Å². The van der Waals surface area contributed by atoms with Gasteiger partial charge in [0.1, 0.15) is 6.23 Å². The first kappa shape index (κ1) is 13.8. The minimum absolute atomic E-state index is 0.340. The Bertz CT molecular complexity index is 583. The third kappa shape index (κ3) is 2.88. The molecule has 19 heavy (non-hydrogen) atoms. The molecular weight excluding hydrogens is 274 g/mol. The standard InChI is InChI=1S/C10H13N3O5S/c1-12(17-2)8(15)9-18-7(5-19-9)13-4-3-6(14)11-10(13)16/h3-4,7,9H,5H2,1-2H3,(H,11,14,16). The molecule has 2 rings (SSSR count). The van der Waals surface area contributed by atoms with Gasteiger partial charge in [-0.05, 0) is 0 Å². The summed E-state index contributed by atoms with van der Waals surface area (Å²) in [6.45, 7) is 0. The van der Waals surface area contributed by atoms with Gasteiger partial charge in [-0.3, -0.25) is 24.0 Å². The van der Waals surface area contributed by atoms with Crippen molar-refractivity contribution in [2.45, 2.75) is 11.7 Å². The van der Waals surface area contributed by atoms with Gasteiger partial charge in [0.15, 0.2) is 5.44 Å². The van der Waals surface area contributed by atoms with Crippen molar-refractivity contribution < 1.29 is 14.4 Å². The van der Waals surface area contributed by atoms with Crippen LogP contribution < -0.4 is 11.2 Å². The second-order valence-corrected chi connectivity index (χ2v) is 4.89. The average molecular weight is 287 g/mol. The SMILES string of the molecule is CON(C)C(=O)C1OC(n2ccc(=O)[nH]c2=O)CS1. The molecule has 9 heteroatoms. The number of ether oxygens (including phenoxy) is 1. The minimum atomic E-state index is -0.728. The molecule has 1 fully saturated rings. The Kier molecular flexibility index (Phi) is 4.08. The minimum Gasteiger partial charge on any atom is -0.333 e. The van der Waals surface area contributed by atoms with E-state index >= 15 is 0 Å². The molecule has 104 valence electrons. The van der Waals surface area contributed by atoms with Gasteiger partial charge in [0.05, 0.1) is 7.11 Å². The van der Waals surface area contributed by atoms with E-state index in [0.717, 1.165) is 5.06 Å². The van der Waals surface area contributed by atoms with Crippen molar-refractivity contribution in [3.05, 3.63) is 33.1 Å². The highest BCUT2D eigenvalue weighted by molar-refractivity contribution is 8.00. The van der Waals surface area contributed by atoms with E-state index in [1.807, 2.05) is 0 Å². The van der Waals surface area contributed by atoms with Gasteiger partial charge in [-0.25, -0.2) is 9.86 Å². The van der Waals surface area contributed by atoms with Crippen molar-refractivity contribution in [3.63, 3.8) is 0 Å². The number of H-pyrrole nitrogens is 1. The van der Waals surface area contributed by atoms with Crippen LogP contribution in [0.5, 0.6) is 0 Å². The van der Waals surface area contributed by atoms with Gasteiger partial charge in [-0.15, -0.1) is 11.8 Å². The molecular formula is C10H13N3O5S. The Morgan fingerprint density at radius 3 is 3.00 bits per heavy atom. The molecule has 1 aromatic heterocycles. The Balaban J connectivity index is 2.12. The number of thioether (sulfide) groups is 1. The Morgan fingerprint density at radius 1 is 1.63 bits per heavy atom. The molecule has 2 atom stereocenters. The second-order valence-electron chi connectivity index (χ2n) is 3.79. The van der Waals surface area contributed by atoms with E-state index in [1.165, 1.54) is 42.7 Å². The first-order valence-electron chi connectivity index (χ1n) is 5.43. The zero-order chi connectivity index (χ0) is 14.0. The van der Waals surface area contributed by atoms with Crippen molar-refractivity contribution >= 4 is 17.7 Å². The summed E-state index contributed by atoms with van der Waals surface area (Å²) in [4.78, 5) is 41.3. The summed E-state index contributed by atoms with van der Waals surface area (Å²) < 4.78 is 6.73. The number of hydrogen-bond acceptors (Lipinski definition) is 6. The maximum absolute atomic E-state index is 11.8. The van der Waals surface area contributed by atoms with Crippen LogP contribution >= 0.6 is 11.8 Å².